The zero-order valence-corrected chi connectivity index (χ0v) is 14.5. The van der Waals surface area contributed by atoms with Gasteiger partial charge in [-0.25, -0.2) is 0 Å². The number of rotatable bonds is 0. The fourth-order valence-electron chi connectivity index (χ4n) is 5.00. The highest BCUT2D eigenvalue weighted by Crippen LogP contribution is 2.52. The van der Waals surface area contributed by atoms with E-state index in [0.29, 0.717) is 11.8 Å². The van der Waals surface area contributed by atoms with Crippen LogP contribution in [0.5, 0.6) is 11.5 Å². The molecule has 2 heterocycles. The Morgan fingerprint density at radius 2 is 1.29 bits per heavy atom. The first-order valence-electron chi connectivity index (χ1n) is 9.21. The van der Waals surface area contributed by atoms with Gasteiger partial charge >= 0.3 is 0 Å². The van der Waals surface area contributed by atoms with Gasteiger partial charge < -0.3 is 9.47 Å². The van der Waals surface area contributed by atoms with Gasteiger partial charge in [-0.2, -0.15) is 0 Å². The number of aryl methyl sites for hydroxylation is 2. The molecule has 0 amide bonds. The molecule has 24 heavy (non-hydrogen) atoms. The molecule has 5 rings (SSSR count). The Balaban J connectivity index is 1.60. The lowest BCUT2D eigenvalue weighted by Crippen LogP contribution is -2.61. The largest absolute Gasteiger partial charge is 0.451 e. The number of hydrogen-bond donors (Lipinski definition) is 0. The summed E-state index contributed by atoms with van der Waals surface area (Å²) in [7, 11) is 0. The Labute approximate surface area is 143 Å². The lowest BCUT2D eigenvalue weighted by molar-refractivity contribution is -0.226. The lowest BCUT2D eigenvalue weighted by atomic mass is 9.68. The maximum Gasteiger partial charge on any atom is 0.257 e. The maximum atomic E-state index is 6.65. The Kier molecular flexibility index (Phi) is 3.01. The van der Waals surface area contributed by atoms with Crippen LogP contribution in [-0.4, -0.2) is 5.79 Å². The fraction of sp³-hybridized carbons (Fsp3) is 0.455. The normalized spacial score (nSPS) is 30.1. The van der Waals surface area contributed by atoms with Crippen molar-refractivity contribution in [3.63, 3.8) is 0 Å². The van der Waals surface area contributed by atoms with E-state index in [1.165, 1.54) is 41.5 Å². The Morgan fingerprint density at radius 1 is 0.792 bits per heavy atom. The molecule has 0 radical (unpaired) electrons. The minimum Gasteiger partial charge on any atom is -0.451 e. The zero-order chi connectivity index (χ0) is 16.3. The zero-order valence-electron chi connectivity index (χ0n) is 14.5. The van der Waals surface area contributed by atoms with Crippen molar-refractivity contribution >= 4 is 0 Å². The third-order valence-corrected chi connectivity index (χ3v) is 6.15. The second kappa shape index (κ2) is 5.02. The molecule has 2 nitrogen and oxygen atoms in total. The molecule has 2 aromatic rings. The summed E-state index contributed by atoms with van der Waals surface area (Å²) in [6, 6.07) is 13.1. The highest BCUT2D eigenvalue weighted by Gasteiger charge is 2.56. The van der Waals surface area contributed by atoms with Crippen molar-refractivity contribution in [1.82, 2.24) is 0 Å². The number of benzene rings is 2. The van der Waals surface area contributed by atoms with Crippen molar-refractivity contribution in [1.29, 1.82) is 0 Å². The van der Waals surface area contributed by atoms with Crippen molar-refractivity contribution in [2.45, 2.75) is 51.7 Å². The third kappa shape index (κ3) is 2.02. The summed E-state index contributed by atoms with van der Waals surface area (Å²) in [6.07, 6.45) is 5.84. The number of fused-ring (bicyclic) bond motifs is 2. The molecule has 1 spiro atoms. The van der Waals surface area contributed by atoms with Crippen molar-refractivity contribution < 1.29 is 9.47 Å². The Morgan fingerprint density at radius 3 is 1.79 bits per heavy atom. The predicted octanol–water partition coefficient (Wildman–Crippen LogP) is 4.99. The van der Waals surface area contributed by atoms with E-state index in [1.807, 2.05) is 0 Å². The summed E-state index contributed by atoms with van der Waals surface area (Å²) in [5.74, 6) is 2.52. The number of ether oxygens (including phenoxy) is 2. The minimum atomic E-state index is -0.456. The molecule has 0 bridgehead atoms. The predicted molar refractivity (Wildman–Crippen MR) is 94.6 cm³/mol. The second-order valence-corrected chi connectivity index (χ2v) is 7.88. The average molecular weight is 320 g/mol. The summed E-state index contributed by atoms with van der Waals surface area (Å²) in [6.45, 7) is 4.31. The van der Waals surface area contributed by atoms with E-state index in [2.05, 4.69) is 50.2 Å². The molecular formula is C22H24O2. The van der Waals surface area contributed by atoms with E-state index in [4.69, 9.17) is 9.47 Å². The minimum absolute atomic E-state index is 0.456. The molecule has 1 saturated carbocycles. The smallest absolute Gasteiger partial charge is 0.257 e. The van der Waals surface area contributed by atoms with Crippen molar-refractivity contribution in [2.75, 3.05) is 0 Å². The van der Waals surface area contributed by atoms with Crippen LogP contribution in [0.25, 0.3) is 0 Å². The van der Waals surface area contributed by atoms with Crippen molar-refractivity contribution in [3.05, 3.63) is 58.7 Å². The van der Waals surface area contributed by atoms with Gasteiger partial charge in [0, 0.05) is 11.8 Å². The van der Waals surface area contributed by atoms with Crippen LogP contribution in [0.2, 0.25) is 0 Å². The molecule has 2 atom stereocenters. The van der Waals surface area contributed by atoms with Gasteiger partial charge in [-0.05, 0) is 62.8 Å². The molecule has 2 aromatic carbocycles. The Bertz CT molecular complexity index is 740. The van der Waals surface area contributed by atoms with Gasteiger partial charge in [-0.15, -0.1) is 0 Å². The van der Waals surface area contributed by atoms with E-state index >= 15 is 0 Å². The Hall–Kier alpha value is -1.96. The van der Waals surface area contributed by atoms with Crippen molar-refractivity contribution in [2.24, 2.45) is 11.8 Å². The van der Waals surface area contributed by atoms with Gasteiger partial charge in [-0.1, -0.05) is 41.8 Å². The third-order valence-electron chi connectivity index (χ3n) is 6.15. The lowest BCUT2D eigenvalue weighted by Gasteiger charge is -2.53. The second-order valence-electron chi connectivity index (χ2n) is 7.88. The summed E-state index contributed by atoms with van der Waals surface area (Å²) in [5.41, 5.74) is 5.33. The highest BCUT2D eigenvalue weighted by molar-refractivity contribution is 5.43. The van der Waals surface area contributed by atoms with E-state index in [0.717, 1.165) is 24.3 Å². The molecule has 0 unspecified atom stereocenters. The van der Waals surface area contributed by atoms with Crippen LogP contribution in [0.4, 0.5) is 0 Å². The van der Waals surface area contributed by atoms with E-state index in [1.54, 1.807) is 0 Å². The molecule has 2 aliphatic heterocycles. The molecule has 3 aliphatic rings. The van der Waals surface area contributed by atoms with Crippen LogP contribution >= 0.6 is 0 Å². The maximum absolute atomic E-state index is 6.65. The monoisotopic (exact) mass is 320 g/mol. The summed E-state index contributed by atoms with van der Waals surface area (Å²) >= 11 is 0. The van der Waals surface area contributed by atoms with Crippen LogP contribution in [0, 0.1) is 25.7 Å². The van der Waals surface area contributed by atoms with Gasteiger partial charge in [0.05, 0.1) is 0 Å². The van der Waals surface area contributed by atoms with Crippen molar-refractivity contribution in [3.8, 4) is 11.5 Å². The van der Waals surface area contributed by atoms with Gasteiger partial charge in [0.15, 0.2) is 0 Å². The summed E-state index contributed by atoms with van der Waals surface area (Å²) in [4.78, 5) is 0. The first-order chi connectivity index (χ1) is 11.6. The first-order valence-corrected chi connectivity index (χ1v) is 9.21. The number of hydrogen-bond acceptors (Lipinski definition) is 2. The molecule has 124 valence electrons. The average Bonchev–Trinajstić information content (AvgIpc) is 2.57. The fourth-order valence-corrected chi connectivity index (χ4v) is 5.00. The van der Waals surface area contributed by atoms with Crippen LogP contribution in [0.3, 0.4) is 0 Å². The van der Waals surface area contributed by atoms with E-state index in [-0.39, 0.29) is 0 Å². The van der Waals surface area contributed by atoms with Gasteiger partial charge in [-0.3, -0.25) is 0 Å². The standard InChI is InChI=1S/C22H24O2/c1-14-6-8-20-16(10-14)12-18-4-3-5-19-13-17-11-15(2)7-9-21(17)24-22(18,19)23-20/h6-11,18-19H,3-5,12-13H2,1-2H3/t18-,19-,22?/m1/s1. The van der Waals surface area contributed by atoms with E-state index < -0.39 is 5.79 Å². The summed E-state index contributed by atoms with van der Waals surface area (Å²) < 4.78 is 13.3. The molecular weight excluding hydrogens is 296 g/mol. The highest BCUT2D eigenvalue weighted by atomic mass is 16.7. The summed E-state index contributed by atoms with van der Waals surface area (Å²) in [5, 5.41) is 0. The molecule has 0 saturated heterocycles. The van der Waals surface area contributed by atoms with Crippen LogP contribution in [-0.2, 0) is 12.8 Å². The SMILES string of the molecule is Cc1ccc2c(c1)C[C@H]1CCC[C@@H]3Cc4cc(C)ccc4OC13O2. The van der Waals surface area contributed by atoms with Crippen LogP contribution in [0.15, 0.2) is 36.4 Å². The van der Waals surface area contributed by atoms with Gasteiger partial charge in [0.1, 0.15) is 11.5 Å². The van der Waals surface area contributed by atoms with E-state index in [9.17, 15) is 0 Å². The van der Waals surface area contributed by atoms with Gasteiger partial charge in [0.2, 0.25) is 0 Å². The quantitative estimate of drug-likeness (QED) is 0.681. The van der Waals surface area contributed by atoms with Crippen LogP contribution in [0.1, 0.15) is 41.5 Å². The molecule has 1 fully saturated rings. The topological polar surface area (TPSA) is 18.5 Å². The van der Waals surface area contributed by atoms with Gasteiger partial charge in [0.25, 0.3) is 5.79 Å². The molecule has 0 N–H and O–H groups in total. The first kappa shape index (κ1) is 14.4. The van der Waals surface area contributed by atoms with Crippen LogP contribution < -0.4 is 9.47 Å². The molecule has 2 heteroatoms. The molecule has 1 aliphatic carbocycles. The molecule has 0 aromatic heterocycles.